The van der Waals surface area contributed by atoms with Gasteiger partial charge in [0, 0.05) is 5.56 Å². The van der Waals surface area contributed by atoms with Crippen molar-refractivity contribution in [1.82, 2.24) is 20.4 Å². The Morgan fingerprint density at radius 3 is 2.39 bits per heavy atom. The number of nitrogens with zero attached hydrogens (tertiary/aromatic N) is 4. The Labute approximate surface area is 133 Å². The highest BCUT2D eigenvalue weighted by Crippen LogP contribution is 2.31. The van der Waals surface area contributed by atoms with Gasteiger partial charge >= 0.3 is 6.18 Å². The molecule has 3 aromatic rings. The maximum absolute atomic E-state index is 12.4. The van der Waals surface area contributed by atoms with Gasteiger partial charge in [0.1, 0.15) is 5.03 Å². The van der Waals surface area contributed by atoms with E-state index in [9.17, 15) is 13.2 Å². The molecule has 9 heteroatoms. The molecule has 0 saturated heterocycles. The molecule has 0 aliphatic carbocycles. The fourth-order valence-electron chi connectivity index (χ4n) is 1.79. The largest absolute Gasteiger partial charge is 0.435 e. The van der Waals surface area contributed by atoms with Crippen molar-refractivity contribution in [3.05, 3.63) is 47.7 Å². The predicted molar refractivity (Wildman–Crippen MR) is 75.6 cm³/mol. The van der Waals surface area contributed by atoms with Crippen LogP contribution in [0.1, 0.15) is 11.3 Å². The Balaban J connectivity index is 1.78. The second kappa shape index (κ2) is 5.99. The minimum absolute atomic E-state index is 0.178. The van der Waals surface area contributed by atoms with Gasteiger partial charge in [0.15, 0.2) is 5.69 Å². The minimum atomic E-state index is -4.52. The molecular weight excluding hydrogens is 329 g/mol. The van der Waals surface area contributed by atoms with E-state index in [1.54, 1.807) is 0 Å². The van der Waals surface area contributed by atoms with Crippen molar-refractivity contribution in [1.29, 1.82) is 0 Å². The summed E-state index contributed by atoms with van der Waals surface area (Å²) in [5.74, 6) is 0.338. The Morgan fingerprint density at radius 2 is 1.74 bits per heavy atom. The number of hydrogen-bond acceptors (Lipinski definition) is 6. The molecule has 5 nitrogen and oxygen atoms in total. The van der Waals surface area contributed by atoms with Gasteiger partial charge < -0.3 is 4.42 Å². The van der Waals surface area contributed by atoms with Crippen LogP contribution in [-0.2, 0) is 6.18 Å². The molecule has 0 N–H and O–H groups in total. The van der Waals surface area contributed by atoms with Crippen molar-refractivity contribution >= 4 is 11.8 Å². The van der Waals surface area contributed by atoms with Crippen LogP contribution in [0.25, 0.3) is 11.5 Å². The molecule has 0 aliphatic rings. The van der Waals surface area contributed by atoms with E-state index in [0.29, 0.717) is 5.89 Å². The zero-order chi connectivity index (χ0) is 16.4. The van der Waals surface area contributed by atoms with Crippen molar-refractivity contribution in [3.63, 3.8) is 0 Å². The zero-order valence-electron chi connectivity index (χ0n) is 11.7. The van der Waals surface area contributed by atoms with Crippen LogP contribution in [0.2, 0.25) is 0 Å². The third-order valence-electron chi connectivity index (χ3n) is 2.90. The van der Waals surface area contributed by atoms with Crippen LogP contribution in [0.5, 0.6) is 0 Å². The lowest BCUT2D eigenvalue weighted by atomic mass is 10.1. The molecule has 3 rings (SSSR count). The fraction of sp³-hybridized carbons (Fsp3) is 0.143. The summed E-state index contributed by atoms with van der Waals surface area (Å²) in [5.41, 5.74) is 0.723. The molecule has 0 saturated carbocycles. The lowest BCUT2D eigenvalue weighted by Crippen LogP contribution is -2.08. The van der Waals surface area contributed by atoms with Crippen molar-refractivity contribution in [2.45, 2.75) is 23.3 Å². The molecule has 0 spiro atoms. The van der Waals surface area contributed by atoms with E-state index < -0.39 is 11.9 Å². The predicted octanol–water partition coefficient (Wildman–Crippen LogP) is 4.01. The highest BCUT2D eigenvalue weighted by molar-refractivity contribution is 7.99. The number of alkyl halides is 3. The first-order valence-electron chi connectivity index (χ1n) is 6.42. The molecule has 118 valence electrons. The zero-order valence-corrected chi connectivity index (χ0v) is 12.5. The van der Waals surface area contributed by atoms with Gasteiger partial charge in [-0.25, -0.2) is 0 Å². The second-order valence-corrected chi connectivity index (χ2v) is 5.52. The Hall–Kier alpha value is -2.42. The molecular formula is C14H9F3N4OS. The van der Waals surface area contributed by atoms with Crippen LogP contribution in [0.4, 0.5) is 13.2 Å². The molecule has 2 heterocycles. The van der Waals surface area contributed by atoms with E-state index in [-0.39, 0.29) is 10.2 Å². The molecule has 0 atom stereocenters. The molecule has 0 aliphatic heterocycles. The van der Waals surface area contributed by atoms with E-state index in [4.69, 9.17) is 4.42 Å². The third-order valence-corrected chi connectivity index (χ3v) is 3.67. The van der Waals surface area contributed by atoms with E-state index in [0.717, 1.165) is 29.0 Å². The summed E-state index contributed by atoms with van der Waals surface area (Å²) >= 11 is 0.947. The summed E-state index contributed by atoms with van der Waals surface area (Å²) in [6, 6.07) is 9.55. The van der Waals surface area contributed by atoms with Gasteiger partial charge in [0.2, 0.25) is 5.89 Å². The molecule has 0 unspecified atom stereocenters. The molecule has 0 bridgehead atoms. The SMILES string of the molecule is Cc1ccccc1-c1nnc(Sc2ccc(C(F)(F)F)nn2)o1. The highest BCUT2D eigenvalue weighted by Gasteiger charge is 2.32. The van der Waals surface area contributed by atoms with Crippen LogP contribution >= 0.6 is 11.8 Å². The van der Waals surface area contributed by atoms with Gasteiger partial charge in [-0.15, -0.1) is 20.4 Å². The Morgan fingerprint density at radius 1 is 0.957 bits per heavy atom. The molecule has 0 radical (unpaired) electrons. The van der Waals surface area contributed by atoms with Crippen molar-refractivity contribution in [2.24, 2.45) is 0 Å². The minimum Gasteiger partial charge on any atom is -0.411 e. The average molecular weight is 338 g/mol. The monoisotopic (exact) mass is 338 g/mol. The number of rotatable bonds is 3. The van der Waals surface area contributed by atoms with Crippen LogP contribution in [0, 0.1) is 6.92 Å². The van der Waals surface area contributed by atoms with Crippen molar-refractivity contribution in [2.75, 3.05) is 0 Å². The summed E-state index contributed by atoms with van der Waals surface area (Å²) in [7, 11) is 0. The van der Waals surface area contributed by atoms with Crippen molar-refractivity contribution in [3.8, 4) is 11.5 Å². The van der Waals surface area contributed by atoms with Crippen LogP contribution in [-0.4, -0.2) is 20.4 Å². The normalized spacial score (nSPS) is 11.7. The van der Waals surface area contributed by atoms with E-state index >= 15 is 0 Å². The fourth-order valence-corrected chi connectivity index (χ4v) is 2.39. The van der Waals surface area contributed by atoms with Crippen molar-refractivity contribution < 1.29 is 17.6 Å². The topological polar surface area (TPSA) is 64.7 Å². The van der Waals surface area contributed by atoms with E-state index in [2.05, 4.69) is 20.4 Å². The molecule has 1 aromatic carbocycles. The first-order valence-corrected chi connectivity index (χ1v) is 7.23. The van der Waals surface area contributed by atoms with Gasteiger partial charge in [0.25, 0.3) is 5.22 Å². The number of hydrogen-bond donors (Lipinski definition) is 0. The van der Waals surface area contributed by atoms with Crippen LogP contribution in [0.3, 0.4) is 0 Å². The lowest BCUT2D eigenvalue weighted by molar-refractivity contribution is -0.141. The summed E-state index contributed by atoms with van der Waals surface area (Å²) in [6.07, 6.45) is -4.52. The summed E-state index contributed by atoms with van der Waals surface area (Å²) in [5, 5.41) is 14.8. The van der Waals surface area contributed by atoms with Crippen LogP contribution < -0.4 is 0 Å². The lowest BCUT2D eigenvalue weighted by Gasteiger charge is -2.03. The molecule has 0 amide bonds. The number of halogens is 3. The first-order chi connectivity index (χ1) is 10.9. The Bertz CT molecular complexity index is 817. The average Bonchev–Trinajstić information content (AvgIpc) is 2.95. The van der Waals surface area contributed by atoms with Crippen LogP contribution in [0.15, 0.2) is 51.1 Å². The summed E-state index contributed by atoms with van der Waals surface area (Å²) < 4.78 is 42.8. The van der Waals surface area contributed by atoms with Gasteiger partial charge in [-0.05, 0) is 42.4 Å². The van der Waals surface area contributed by atoms with Gasteiger partial charge in [-0.1, -0.05) is 18.2 Å². The maximum Gasteiger partial charge on any atom is 0.435 e. The second-order valence-electron chi connectivity index (χ2n) is 4.54. The quantitative estimate of drug-likeness (QED) is 0.719. The Kier molecular flexibility index (Phi) is 4.03. The first kappa shape index (κ1) is 15.5. The summed E-state index contributed by atoms with van der Waals surface area (Å²) in [6.45, 7) is 1.91. The number of benzene rings is 1. The number of aromatic nitrogens is 4. The standard InChI is InChI=1S/C14H9F3N4OS/c1-8-4-2-3-5-9(8)12-20-21-13(22-12)23-11-7-6-10(18-19-11)14(15,16)17/h2-7H,1H3. The van der Waals surface area contributed by atoms with Gasteiger partial charge in [-0.3, -0.25) is 0 Å². The van der Waals surface area contributed by atoms with E-state index in [1.165, 1.54) is 6.07 Å². The third kappa shape index (κ3) is 3.50. The van der Waals surface area contributed by atoms with Gasteiger partial charge in [-0.2, -0.15) is 13.2 Å². The number of aryl methyl sites for hydroxylation is 1. The van der Waals surface area contributed by atoms with Gasteiger partial charge in [0.05, 0.1) is 0 Å². The maximum atomic E-state index is 12.4. The molecule has 2 aromatic heterocycles. The molecule has 0 fully saturated rings. The summed E-state index contributed by atoms with van der Waals surface area (Å²) in [4.78, 5) is 0. The molecule has 23 heavy (non-hydrogen) atoms. The highest BCUT2D eigenvalue weighted by atomic mass is 32.2. The smallest absolute Gasteiger partial charge is 0.411 e. The van der Waals surface area contributed by atoms with E-state index in [1.807, 2.05) is 31.2 Å².